The number of thiazole rings is 1. The first kappa shape index (κ1) is 20.1. The number of aromatic nitrogens is 3. The van der Waals surface area contributed by atoms with Crippen LogP contribution >= 0.6 is 11.3 Å². The molecule has 2 fully saturated rings. The van der Waals surface area contributed by atoms with Gasteiger partial charge in [0.1, 0.15) is 5.75 Å². The zero-order chi connectivity index (χ0) is 22.4. The first-order valence-electron chi connectivity index (χ1n) is 11.0. The van der Waals surface area contributed by atoms with E-state index in [2.05, 4.69) is 21.6 Å². The molecule has 2 aromatic carbocycles. The minimum absolute atomic E-state index is 0.0434. The summed E-state index contributed by atoms with van der Waals surface area (Å²) in [5.74, 6) is 2.33. The first-order chi connectivity index (χ1) is 16.2. The number of amides is 1. The SMILES string of the molecule is COc1ccc(N2C[C@@H](c3nc(-c4cccc(-c5csc(C6CC6)n5)c4)no3)CC2=O)cc1. The van der Waals surface area contributed by atoms with E-state index in [1.165, 1.54) is 17.8 Å². The van der Waals surface area contributed by atoms with E-state index in [1.54, 1.807) is 23.3 Å². The zero-order valence-corrected chi connectivity index (χ0v) is 18.9. The molecule has 1 saturated carbocycles. The monoisotopic (exact) mass is 458 g/mol. The Morgan fingerprint density at radius 1 is 1.06 bits per heavy atom. The molecule has 3 heterocycles. The molecule has 4 aromatic rings. The number of hydrogen-bond acceptors (Lipinski definition) is 7. The van der Waals surface area contributed by atoms with Crippen molar-refractivity contribution >= 4 is 22.9 Å². The number of carbonyl (C=O) groups is 1. The van der Waals surface area contributed by atoms with Crippen LogP contribution in [0.3, 0.4) is 0 Å². The molecule has 0 bridgehead atoms. The third-order valence-electron chi connectivity index (χ3n) is 6.17. The average Bonchev–Trinajstić information content (AvgIpc) is 3.25. The normalized spacial score (nSPS) is 18.2. The predicted molar refractivity (Wildman–Crippen MR) is 126 cm³/mol. The second-order valence-electron chi connectivity index (χ2n) is 8.49. The lowest BCUT2D eigenvalue weighted by Gasteiger charge is -2.16. The highest BCUT2D eigenvalue weighted by Crippen LogP contribution is 2.42. The van der Waals surface area contributed by atoms with Gasteiger partial charge in [0, 0.05) is 41.1 Å². The van der Waals surface area contributed by atoms with Crippen LogP contribution in [0.1, 0.15) is 42.0 Å². The van der Waals surface area contributed by atoms with Crippen molar-refractivity contribution in [3.8, 4) is 28.4 Å². The number of benzene rings is 2. The Hall–Kier alpha value is -3.52. The first-order valence-corrected chi connectivity index (χ1v) is 11.9. The lowest BCUT2D eigenvalue weighted by Crippen LogP contribution is -2.24. The van der Waals surface area contributed by atoms with Crippen molar-refractivity contribution in [3.05, 3.63) is 64.8 Å². The molecule has 2 aromatic heterocycles. The van der Waals surface area contributed by atoms with Crippen molar-refractivity contribution in [2.24, 2.45) is 0 Å². The van der Waals surface area contributed by atoms with E-state index in [9.17, 15) is 4.79 Å². The summed E-state index contributed by atoms with van der Waals surface area (Å²) in [6.45, 7) is 0.510. The van der Waals surface area contributed by atoms with Crippen LogP contribution < -0.4 is 9.64 Å². The highest BCUT2D eigenvalue weighted by molar-refractivity contribution is 7.10. The highest BCUT2D eigenvalue weighted by Gasteiger charge is 2.35. The lowest BCUT2D eigenvalue weighted by atomic mass is 10.1. The molecular formula is C25H22N4O3S. The molecule has 1 atom stereocenters. The molecule has 1 amide bonds. The van der Waals surface area contributed by atoms with Gasteiger partial charge in [0.2, 0.25) is 17.6 Å². The number of hydrogen-bond donors (Lipinski definition) is 0. The predicted octanol–water partition coefficient (Wildman–Crippen LogP) is 5.27. The van der Waals surface area contributed by atoms with Crippen molar-refractivity contribution in [3.63, 3.8) is 0 Å². The van der Waals surface area contributed by atoms with Crippen LogP contribution in [0.5, 0.6) is 5.75 Å². The van der Waals surface area contributed by atoms with E-state index in [4.69, 9.17) is 14.2 Å². The Kier molecular flexibility index (Phi) is 4.95. The number of nitrogens with zero attached hydrogens (tertiary/aromatic N) is 4. The van der Waals surface area contributed by atoms with Gasteiger partial charge in [0.15, 0.2) is 0 Å². The van der Waals surface area contributed by atoms with Gasteiger partial charge >= 0.3 is 0 Å². The third-order valence-corrected chi connectivity index (χ3v) is 7.17. The fraction of sp³-hybridized carbons (Fsp3) is 0.280. The van der Waals surface area contributed by atoms with Gasteiger partial charge in [-0.2, -0.15) is 4.98 Å². The van der Waals surface area contributed by atoms with Crippen molar-refractivity contribution < 1.29 is 14.1 Å². The molecule has 0 radical (unpaired) electrons. The molecule has 8 heteroatoms. The third kappa shape index (κ3) is 3.91. The molecule has 1 aliphatic carbocycles. The van der Waals surface area contributed by atoms with E-state index in [-0.39, 0.29) is 11.8 Å². The molecule has 0 spiro atoms. The number of rotatable bonds is 6. The van der Waals surface area contributed by atoms with Gasteiger partial charge in [0.25, 0.3) is 0 Å². The van der Waals surface area contributed by atoms with Gasteiger partial charge < -0.3 is 14.2 Å². The fourth-order valence-corrected chi connectivity index (χ4v) is 5.16. The molecular weight excluding hydrogens is 436 g/mol. The summed E-state index contributed by atoms with van der Waals surface area (Å²) in [5.41, 5.74) is 3.75. The lowest BCUT2D eigenvalue weighted by molar-refractivity contribution is -0.117. The summed E-state index contributed by atoms with van der Waals surface area (Å²) >= 11 is 1.73. The van der Waals surface area contributed by atoms with Crippen LogP contribution in [-0.4, -0.2) is 34.7 Å². The van der Waals surface area contributed by atoms with Crippen LogP contribution in [0.15, 0.2) is 58.4 Å². The average molecular weight is 459 g/mol. The summed E-state index contributed by atoms with van der Waals surface area (Å²) < 4.78 is 10.8. The maximum atomic E-state index is 12.6. The zero-order valence-electron chi connectivity index (χ0n) is 18.1. The van der Waals surface area contributed by atoms with E-state index in [0.717, 1.165) is 28.3 Å². The number of anilines is 1. The van der Waals surface area contributed by atoms with E-state index in [0.29, 0.717) is 30.6 Å². The maximum Gasteiger partial charge on any atom is 0.232 e. The Balaban J connectivity index is 1.20. The summed E-state index contributed by atoms with van der Waals surface area (Å²) in [4.78, 5) is 23.8. The molecule has 0 N–H and O–H groups in total. The number of methoxy groups -OCH3 is 1. The van der Waals surface area contributed by atoms with E-state index >= 15 is 0 Å². The minimum atomic E-state index is -0.135. The number of ether oxygens (including phenoxy) is 1. The Bertz CT molecular complexity index is 1310. The quantitative estimate of drug-likeness (QED) is 0.392. The van der Waals surface area contributed by atoms with Gasteiger partial charge in [-0.15, -0.1) is 11.3 Å². The second kappa shape index (κ2) is 8.12. The molecule has 0 unspecified atom stereocenters. The summed E-state index contributed by atoms with van der Waals surface area (Å²) in [7, 11) is 1.62. The highest BCUT2D eigenvalue weighted by atomic mass is 32.1. The molecule has 1 aliphatic heterocycles. The molecule has 33 heavy (non-hydrogen) atoms. The van der Waals surface area contributed by atoms with Gasteiger partial charge in [-0.3, -0.25) is 4.79 Å². The van der Waals surface area contributed by atoms with Gasteiger partial charge in [-0.25, -0.2) is 4.98 Å². The fourth-order valence-electron chi connectivity index (χ4n) is 4.16. The molecule has 166 valence electrons. The van der Waals surface area contributed by atoms with Crippen LogP contribution in [0.2, 0.25) is 0 Å². The molecule has 7 nitrogen and oxygen atoms in total. The standard InChI is InChI=1S/C25H22N4O3S/c1-31-20-9-7-19(8-10-20)29-13-18(12-22(29)30)24-27-23(28-32-24)17-4-2-3-16(11-17)21-14-33-25(26-21)15-5-6-15/h2-4,7-11,14-15,18H,5-6,12-13H2,1H3/t18-/m0/s1. The van der Waals surface area contributed by atoms with Gasteiger partial charge in [-0.1, -0.05) is 23.4 Å². The van der Waals surface area contributed by atoms with Crippen molar-refractivity contribution in [1.29, 1.82) is 0 Å². The van der Waals surface area contributed by atoms with Crippen LogP contribution in [0.4, 0.5) is 5.69 Å². The smallest absolute Gasteiger partial charge is 0.232 e. The van der Waals surface area contributed by atoms with Crippen molar-refractivity contribution in [1.82, 2.24) is 15.1 Å². The minimum Gasteiger partial charge on any atom is -0.497 e. The summed E-state index contributed by atoms with van der Waals surface area (Å²) in [5, 5.41) is 7.55. The molecule has 2 aliphatic rings. The van der Waals surface area contributed by atoms with Gasteiger partial charge in [0.05, 0.1) is 23.7 Å². The van der Waals surface area contributed by atoms with Crippen molar-refractivity contribution in [2.75, 3.05) is 18.6 Å². The largest absolute Gasteiger partial charge is 0.497 e. The van der Waals surface area contributed by atoms with Crippen LogP contribution in [0.25, 0.3) is 22.6 Å². The van der Waals surface area contributed by atoms with E-state index < -0.39 is 0 Å². The second-order valence-corrected chi connectivity index (χ2v) is 9.38. The maximum absolute atomic E-state index is 12.6. The topological polar surface area (TPSA) is 81.3 Å². The molecule has 1 saturated heterocycles. The van der Waals surface area contributed by atoms with E-state index in [1.807, 2.05) is 42.5 Å². The Morgan fingerprint density at radius 3 is 2.67 bits per heavy atom. The van der Waals surface area contributed by atoms with Crippen LogP contribution in [0, 0.1) is 0 Å². The van der Waals surface area contributed by atoms with Crippen molar-refractivity contribution in [2.45, 2.75) is 31.1 Å². The Morgan fingerprint density at radius 2 is 1.88 bits per heavy atom. The van der Waals surface area contributed by atoms with Gasteiger partial charge in [-0.05, 0) is 43.2 Å². The summed E-state index contributed by atoms with van der Waals surface area (Å²) in [6, 6.07) is 15.5. The Labute approximate surface area is 195 Å². The van der Waals surface area contributed by atoms with Crippen LogP contribution in [-0.2, 0) is 4.79 Å². The summed E-state index contributed by atoms with van der Waals surface area (Å²) in [6.07, 6.45) is 2.84. The number of carbonyl (C=O) groups excluding carboxylic acids is 1. The molecule has 6 rings (SSSR count).